The zero-order chi connectivity index (χ0) is 35.8. The van der Waals surface area contributed by atoms with Crippen LogP contribution in [0.5, 0.6) is 0 Å². The van der Waals surface area contributed by atoms with Gasteiger partial charge in [0.1, 0.15) is 0 Å². The van der Waals surface area contributed by atoms with E-state index in [1.165, 1.54) is 75.5 Å². The number of benzene rings is 9. The summed E-state index contributed by atoms with van der Waals surface area (Å²) in [7, 11) is 0. The highest BCUT2D eigenvalue weighted by Crippen LogP contribution is 2.46. The summed E-state index contributed by atoms with van der Waals surface area (Å²) >= 11 is 1.86. The molecule has 0 fully saturated rings. The quantitative estimate of drug-likeness (QED) is 0.160. The van der Waals surface area contributed by atoms with Crippen LogP contribution in [0.2, 0.25) is 0 Å². The zero-order valence-corrected chi connectivity index (χ0v) is 30.4. The second-order valence-electron chi connectivity index (χ2n) is 13.7. The molecular weight excluding hydrogens is 671 g/mol. The van der Waals surface area contributed by atoms with Crippen LogP contribution in [0.3, 0.4) is 0 Å². The molecule has 9 aromatic carbocycles. The molecule has 54 heavy (non-hydrogen) atoms. The normalized spacial score (nSPS) is 11.3. The minimum Gasteiger partial charge on any atom is -0.310 e. The Kier molecular flexibility index (Phi) is 8.09. The van der Waals surface area contributed by atoms with Crippen LogP contribution in [0.25, 0.3) is 75.5 Å². The maximum Gasteiger partial charge on any atom is 0.0540 e. The molecule has 0 unspecified atom stereocenters. The molecule has 0 radical (unpaired) electrons. The van der Waals surface area contributed by atoms with Crippen LogP contribution >= 0.6 is 11.3 Å². The first-order valence-corrected chi connectivity index (χ1v) is 19.2. The van der Waals surface area contributed by atoms with Crippen molar-refractivity contribution in [1.82, 2.24) is 0 Å². The molecule has 0 N–H and O–H groups in total. The van der Waals surface area contributed by atoms with Crippen LogP contribution in [0.4, 0.5) is 17.1 Å². The van der Waals surface area contributed by atoms with E-state index >= 15 is 0 Å². The Hall–Kier alpha value is -6.74. The van der Waals surface area contributed by atoms with Gasteiger partial charge in [0.2, 0.25) is 0 Å². The number of fused-ring (bicyclic) bond motifs is 4. The molecule has 0 atom stereocenters. The van der Waals surface area contributed by atoms with E-state index in [1.807, 2.05) is 11.3 Å². The van der Waals surface area contributed by atoms with Crippen LogP contribution < -0.4 is 4.90 Å². The van der Waals surface area contributed by atoms with Crippen molar-refractivity contribution in [1.29, 1.82) is 0 Å². The summed E-state index contributed by atoms with van der Waals surface area (Å²) < 4.78 is 2.65. The van der Waals surface area contributed by atoms with E-state index in [4.69, 9.17) is 0 Å². The van der Waals surface area contributed by atoms with Crippen molar-refractivity contribution in [2.75, 3.05) is 4.90 Å². The maximum atomic E-state index is 2.42. The Balaban J connectivity index is 1.12. The average molecular weight is 706 g/mol. The second kappa shape index (κ2) is 13.7. The van der Waals surface area contributed by atoms with Gasteiger partial charge in [-0.1, -0.05) is 170 Å². The fraction of sp³-hybridized carbons (Fsp3) is 0. The molecule has 10 rings (SSSR count). The number of hydrogen-bond donors (Lipinski definition) is 0. The number of thiophene rings is 1. The molecule has 0 bridgehead atoms. The SMILES string of the molecule is c1ccc(-c2ccccc2-c2ccccc2-c2ccccc2N(c2ccc(-c3ccc4c(c3)sc3ccccc34)cc2)c2ccc3ccccc3c2)cc1. The van der Waals surface area contributed by atoms with Gasteiger partial charge in [-0.3, -0.25) is 0 Å². The molecule has 254 valence electrons. The Morgan fingerprint density at radius 1 is 0.296 bits per heavy atom. The summed E-state index contributed by atoms with van der Waals surface area (Å²) in [4.78, 5) is 2.42. The smallest absolute Gasteiger partial charge is 0.0540 e. The standard InChI is InChI=1S/C52H35NS/c1-2-15-38(16-3-1)43-18-6-7-19-44(43)45-20-8-9-21-46(45)47-22-10-12-24-50(47)53(42-32-28-36-14-4-5-17-39(36)34-42)41-30-26-37(27-31-41)40-29-33-49-48-23-11-13-25-51(48)54-52(49)35-40/h1-35H. The number of para-hydroxylation sites is 1. The maximum absolute atomic E-state index is 2.42. The molecule has 0 aliphatic rings. The molecule has 0 spiro atoms. The summed E-state index contributed by atoms with van der Waals surface area (Å²) in [6.45, 7) is 0. The van der Waals surface area contributed by atoms with Crippen molar-refractivity contribution in [2.45, 2.75) is 0 Å². The van der Waals surface area contributed by atoms with E-state index < -0.39 is 0 Å². The third-order valence-corrected chi connectivity index (χ3v) is 11.6. The lowest BCUT2D eigenvalue weighted by molar-refractivity contribution is 1.29. The zero-order valence-electron chi connectivity index (χ0n) is 29.6. The average Bonchev–Trinajstić information content (AvgIpc) is 3.63. The van der Waals surface area contributed by atoms with Gasteiger partial charge in [-0.15, -0.1) is 11.3 Å². The van der Waals surface area contributed by atoms with Gasteiger partial charge in [0, 0.05) is 37.1 Å². The van der Waals surface area contributed by atoms with Gasteiger partial charge in [0.15, 0.2) is 0 Å². The number of rotatable bonds is 7. The van der Waals surface area contributed by atoms with Gasteiger partial charge in [-0.2, -0.15) is 0 Å². The number of anilines is 3. The topological polar surface area (TPSA) is 3.24 Å². The molecule has 0 saturated carbocycles. The first-order chi connectivity index (χ1) is 26.8. The number of hydrogen-bond acceptors (Lipinski definition) is 2. The summed E-state index contributed by atoms with van der Waals surface area (Å²) in [5.41, 5.74) is 13.0. The molecule has 0 saturated heterocycles. The lowest BCUT2D eigenvalue weighted by Crippen LogP contribution is -2.11. The van der Waals surface area contributed by atoms with Crippen LogP contribution in [0.1, 0.15) is 0 Å². The Bertz CT molecular complexity index is 2940. The van der Waals surface area contributed by atoms with Crippen molar-refractivity contribution in [2.24, 2.45) is 0 Å². The summed E-state index contributed by atoms with van der Waals surface area (Å²) in [6.07, 6.45) is 0. The third-order valence-electron chi connectivity index (χ3n) is 10.5. The molecule has 10 aromatic rings. The van der Waals surface area contributed by atoms with Gasteiger partial charge in [-0.05, 0) is 92.2 Å². The van der Waals surface area contributed by atoms with Crippen LogP contribution in [0, 0.1) is 0 Å². The lowest BCUT2D eigenvalue weighted by Gasteiger charge is -2.29. The van der Waals surface area contributed by atoms with Crippen LogP contribution in [-0.4, -0.2) is 0 Å². The molecule has 0 aliphatic carbocycles. The highest BCUT2D eigenvalue weighted by molar-refractivity contribution is 7.25. The van der Waals surface area contributed by atoms with E-state index in [2.05, 4.69) is 217 Å². The number of nitrogens with zero attached hydrogens (tertiary/aromatic N) is 1. The van der Waals surface area contributed by atoms with E-state index in [0.717, 1.165) is 17.1 Å². The lowest BCUT2D eigenvalue weighted by atomic mass is 9.88. The highest BCUT2D eigenvalue weighted by atomic mass is 32.1. The van der Waals surface area contributed by atoms with Crippen LogP contribution in [0.15, 0.2) is 212 Å². The van der Waals surface area contributed by atoms with Crippen molar-refractivity contribution >= 4 is 59.3 Å². The Morgan fingerprint density at radius 3 is 1.65 bits per heavy atom. The van der Waals surface area contributed by atoms with Gasteiger partial charge < -0.3 is 4.90 Å². The molecule has 0 amide bonds. The van der Waals surface area contributed by atoms with Crippen molar-refractivity contribution < 1.29 is 0 Å². The monoisotopic (exact) mass is 705 g/mol. The van der Waals surface area contributed by atoms with Crippen LogP contribution in [-0.2, 0) is 0 Å². The molecule has 1 heterocycles. The summed E-state index contributed by atoms with van der Waals surface area (Å²) in [5, 5.41) is 5.09. The predicted molar refractivity (Wildman–Crippen MR) is 233 cm³/mol. The highest BCUT2D eigenvalue weighted by Gasteiger charge is 2.20. The van der Waals surface area contributed by atoms with Crippen molar-refractivity contribution in [3.05, 3.63) is 212 Å². The van der Waals surface area contributed by atoms with E-state index in [0.29, 0.717) is 0 Å². The Labute approximate surface area is 319 Å². The summed E-state index contributed by atoms with van der Waals surface area (Å²) in [5.74, 6) is 0. The third kappa shape index (κ3) is 5.74. The molecular formula is C52H35NS. The minimum absolute atomic E-state index is 1.10. The Morgan fingerprint density at radius 2 is 0.852 bits per heavy atom. The fourth-order valence-electron chi connectivity index (χ4n) is 7.89. The second-order valence-corrected chi connectivity index (χ2v) is 14.8. The largest absolute Gasteiger partial charge is 0.310 e. The molecule has 1 nitrogen and oxygen atoms in total. The minimum atomic E-state index is 1.10. The van der Waals surface area contributed by atoms with Crippen molar-refractivity contribution in [3.63, 3.8) is 0 Å². The van der Waals surface area contributed by atoms with Crippen molar-refractivity contribution in [3.8, 4) is 44.5 Å². The first-order valence-electron chi connectivity index (χ1n) is 18.4. The first kappa shape index (κ1) is 32.0. The van der Waals surface area contributed by atoms with Gasteiger partial charge in [0.25, 0.3) is 0 Å². The predicted octanol–water partition coefficient (Wildman–Crippen LogP) is 15.3. The van der Waals surface area contributed by atoms with E-state index in [-0.39, 0.29) is 0 Å². The van der Waals surface area contributed by atoms with Gasteiger partial charge in [0.05, 0.1) is 5.69 Å². The van der Waals surface area contributed by atoms with E-state index in [9.17, 15) is 0 Å². The molecule has 1 aromatic heterocycles. The summed E-state index contributed by atoms with van der Waals surface area (Å²) in [6, 6.07) is 77.2. The van der Waals surface area contributed by atoms with Gasteiger partial charge >= 0.3 is 0 Å². The van der Waals surface area contributed by atoms with E-state index in [1.54, 1.807) is 0 Å². The molecule has 2 heteroatoms. The fourth-order valence-corrected chi connectivity index (χ4v) is 9.03. The molecule has 0 aliphatic heterocycles. The van der Waals surface area contributed by atoms with Gasteiger partial charge in [-0.25, -0.2) is 0 Å².